The minimum absolute atomic E-state index is 0.190. The first-order valence-electron chi connectivity index (χ1n) is 12.2. The summed E-state index contributed by atoms with van der Waals surface area (Å²) in [5.41, 5.74) is 1.16. The minimum Gasteiger partial charge on any atom is -0.492 e. The van der Waals surface area contributed by atoms with E-state index in [1.54, 1.807) is 0 Å². The molecule has 6 heteroatoms. The molecule has 2 saturated heterocycles. The van der Waals surface area contributed by atoms with Crippen LogP contribution in [0.5, 0.6) is 5.75 Å². The van der Waals surface area contributed by atoms with Gasteiger partial charge >= 0.3 is 0 Å². The second-order valence-corrected chi connectivity index (χ2v) is 9.14. The van der Waals surface area contributed by atoms with Crippen LogP contribution in [0.1, 0.15) is 50.5 Å². The molecule has 4 rings (SSSR count). The molecule has 0 N–H and O–H groups in total. The molecular weight excluding hydrogens is 392 g/mol. The van der Waals surface area contributed by atoms with Crippen LogP contribution in [0, 0.1) is 5.92 Å². The van der Waals surface area contributed by atoms with Crippen molar-refractivity contribution < 1.29 is 19.0 Å². The third-order valence-electron chi connectivity index (χ3n) is 6.79. The molecule has 1 aromatic carbocycles. The van der Waals surface area contributed by atoms with Crippen molar-refractivity contribution in [2.24, 2.45) is 5.92 Å². The van der Waals surface area contributed by atoms with Crippen molar-refractivity contribution in [3.8, 4) is 5.75 Å². The number of benzene rings is 1. The highest BCUT2D eigenvalue weighted by molar-refractivity contribution is 5.79. The predicted molar refractivity (Wildman–Crippen MR) is 120 cm³/mol. The Morgan fingerprint density at radius 1 is 1.00 bits per heavy atom. The van der Waals surface area contributed by atoms with Gasteiger partial charge in [0.15, 0.2) is 0 Å². The minimum atomic E-state index is 0.190. The molecule has 2 heterocycles. The van der Waals surface area contributed by atoms with E-state index < -0.39 is 0 Å². The van der Waals surface area contributed by atoms with Crippen LogP contribution >= 0.6 is 0 Å². The van der Waals surface area contributed by atoms with E-state index >= 15 is 0 Å². The largest absolute Gasteiger partial charge is 0.492 e. The summed E-state index contributed by atoms with van der Waals surface area (Å²) in [5.74, 6) is 1.40. The van der Waals surface area contributed by atoms with Gasteiger partial charge in [-0.25, -0.2) is 0 Å². The standard InChI is InChI=1S/C25H38N2O4/c28-25(22-5-2-1-3-6-22)27(20-24-7-4-15-30-24)19-21-8-10-23(11-9-21)31-18-14-26-12-16-29-17-13-26/h8-11,22,24H,1-7,12-20H2/t24-/m1/s1. The molecule has 6 nitrogen and oxygen atoms in total. The number of rotatable bonds is 9. The molecule has 1 aliphatic carbocycles. The van der Waals surface area contributed by atoms with Crippen LogP contribution in [-0.4, -0.2) is 74.4 Å². The van der Waals surface area contributed by atoms with Crippen LogP contribution in [0.4, 0.5) is 0 Å². The topological polar surface area (TPSA) is 51.2 Å². The van der Waals surface area contributed by atoms with Crippen LogP contribution in [0.2, 0.25) is 0 Å². The smallest absolute Gasteiger partial charge is 0.226 e. The number of nitrogens with zero attached hydrogens (tertiary/aromatic N) is 2. The van der Waals surface area contributed by atoms with Crippen molar-refractivity contribution in [1.82, 2.24) is 9.80 Å². The maximum atomic E-state index is 13.3. The van der Waals surface area contributed by atoms with E-state index in [1.165, 1.54) is 19.3 Å². The Labute approximate surface area is 186 Å². The van der Waals surface area contributed by atoms with Crippen molar-refractivity contribution in [2.45, 2.75) is 57.6 Å². The molecule has 3 aliphatic rings. The van der Waals surface area contributed by atoms with Gasteiger partial charge in [0, 0.05) is 45.2 Å². The third-order valence-corrected chi connectivity index (χ3v) is 6.79. The Balaban J connectivity index is 1.30. The summed E-state index contributed by atoms with van der Waals surface area (Å²) in [7, 11) is 0. The zero-order valence-corrected chi connectivity index (χ0v) is 18.8. The number of hydrogen-bond acceptors (Lipinski definition) is 5. The van der Waals surface area contributed by atoms with Gasteiger partial charge in [0.25, 0.3) is 0 Å². The summed E-state index contributed by atoms with van der Waals surface area (Å²) < 4.78 is 17.2. The summed E-state index contributed by atoms with van der Waals surface area (Å²) in [6.45, 7) is 7.41. The molecule has 2 aliphatic heterocycles. The molecule has 0 aromatic heterocycles. The lowest BCUT2D eigenvalue weighted by Crippen LogP contribution is -2.41. The van der Waals surface area contributed by atoms with E-state index in [-0.39, 0.29) is 12.0 Å². The molecule has 0 radical (unpaired) electrons. The maximum absolute atomic E-state index is 13.3. The van der Waals surface area contributed by atoms with E-state index in [9.17, 15) is 4.79 Å². The molecular formula is C25H38N2O4. The van der Waals surface area contributed by atoms with Gasteiger partial charge < -0.3 is 19.1 Å². The summed E-state index contributed by atoms with van der Waals surface area (Å²) in [6.07, 6.45) is 8.06. The average molecular weight is 431 g/mol. The van der Waals surface area contributed by atoms with Crippen molar-refractivity contribution in [1.29, 1.82) is 0 Å². The zero-order chi connectivity index (χ0) is 21.3. The first-order valence-corrected chi connectivity index (χ1v) is 12.2. The summed E-state index contributed by atoms with van der Waals surface area (Å²) in [4.78, 5) is 17.7. The van der Waals surface area contributed by atoms with Gasteiger partial charge in [-0.3, -0.25) is 9.69 Å². The fourth-order valence-corrected chi connectivity index (χ4v) is 4.90. The van der Waals surface area contributed by atoms with E-state index in [1.807, 2.05) is 12.1 Å². The number of ether oxygens (including phenoxy) is 3. The van der Waals surface area contributed by atoms with Gasteiger partial charge in [-0.1, -0.05) is 31.4 Å². The normalized spacial score (nSPS) is 23.0. The highest BCUT2D eigenvalue weighted by atomic mass is 16.5. The summed E-state index contributed by atoms with van der Waals surface area (Å²) in [6, 6.07) is 8.26. The molecule has 3 fully saturated rings. The monoisotopic (exact) mass is 430 g/mol. The molecule has 0 bridgehead atoms. The fraction of sp³-hybridized carbons (Fsp3) is 0.720. The number of carbonyl (C=O) groups is 1. The van der Waals surface area contributed by atoms with Crippen LogP contribution in [0.3, 0.4) is 0 Å². The lowest BCUT2D eigenvalue weighted by Gasteiger charge is -2.31. The van der Waals surface area contributed by atoms with Gasteiger partial charge in [-0.05, 0) is 43.4 Å². The predicted octanol–water partition coefficient (Wildman–Crippen LogP) is 3.49. The van der Waals surface area contributed by atoms with Gasteiger partial charge in [-0.2, -0.15) is 0 Å². The molecule has 0 unspecified atom stereocenters. The Hall–Kier alpha value is -1.63. The molecule has 1 saturated carbocycles. The SMILES string of the molecule is O=C(C1CCCCC1)N(Cc1ccc(OCCN2CCOCC2)cc1)C[C@H]1CCCO1. The Bertz CT molecular complexity index is 663. The lowest BCUT2D eigenvalue weighted by molar-refractivity contribution is -0.138. The van der Waals surface area contributed by atoms with Crippen molar-refractivity contribution in [3.63, 3.8) is 0 Å². The van der Waals surface area contributed by atoms with Crippen LogP contribution in [0.25, 0.3) is 0 Å². The number of carbonyl (C=O) groups excluding carboxylic acids is 1. The maximum Gasteiger partial charge on any atom is 0.226 e. The summed E-state index contributed by atoms with van der Waals surface area (Å²) in [5, 5.41) is 0. The Kier molecular flexibility index (Phi) is 8.62. The van der Waals surface area contributed by atoms with Gasteiger partial charge in [0.05, 0.1) is 19.3 Å². The molecule has 0 spiro atoms. The van der Waals surface area contributed by atoms with Gasteiger partial charge in [-0.15, -0.1) is 0 Å². The number of amides is 1. The summed E-state index contributed by atoms with van der Waals surface area (Å²) >= 11 is 0. The highest BCUT2D eigenvalue weighted by Gasteiger charge is 2.29. The fourth-order valence-electron chi connectivity index (χ4n) is 4.90. The second kappa shape index (κ2) is 11.8. The first kappa shape index (κ1) is 22.6. The van der Waals surface area contributed by atoms with Gasteiger partial charge in [0.2, 0.25) is 5.91 Å². The van der Waals surface area contributed by atoms with E-state index in [2.05, 4.69) is 21.9 Å². The Morgan fingerprint density at radius 3 is 2.48 bits per heavy atom. The van der Waals surface area contributed by atoms with E-state index in [0.29, 0.717) is 25.6 Å². The number of hydrogen-bond donors (Lipinski definition) is 0. The van der Waals surface area contributed by atoms with E-state index in [0.717, 1.165) is 76.5 Å². The first-order chi connectivity index (χ1) is 15.3. The van der Waals surface area contributed by atoms with Gasteiger partial charge in [0.1, 0.15) is 12.4 Å². The second-order valence-electron chi connectivity index (χ2n) is 9.14. The van der Waals surface area contributed by atoms with E-state index in [4.69, 9.17) is 14.2 Å². The van der Waals surface area contributed by atoms with Crippen molar-refractivity contribution in [2.75, 3.05) is 52.6 Å². The lowest BCUT2D eigenvalue weighted by atomic mass is 9.88. The molecule has 1 amide bonds. The van der Waals surface area contributed by atoms with Crippen molar-refractivity contribution >= 4 is 5.91 Å². The molecule has 1 atom stereocenters. The zero-order valence-electron chi connectivity index (χ0n) is 18.8. The van der Waals surface area contributed by atoms with Crippen LogP contribution in [0.15, 0.2) is 24.3 Å². The van der Waals surface area contributed by atoms with Crippen LogP contribution in [-0.2, 0) is 20.8 Å². The van der Waals surface area contributed by atoms with Crippen LogP contribution < -0.4 is 4.74 Å². The third kappa shape index (κ3) is 6.93. The quantitative estimate of drug-likeness (QED) is 0.600. The molecule has 1 aromatic rings. The molecule has 172 valence electrons. The highest BCUT2D eigenvalue weighted by Crippen LogP contribution is 2.27. The van der Waals surface area contributed by atoms with Crippen molar-refractivity contribution in [3.05, 3.63) is 29.8 Å². The Morgan fingerprint density at radius 2 is 1.77 bits per heavy atom. The average Bonchev–Trinajstić information content (AvgIpc) is 3.34. The molecule has 31 heavy (non-hydrogen) atoms. The number of morpholine rings is 1.